The monoisotopic (exact) mass is 279 g/mol. The summed E-state index contributed by atoms with van der Waals surface area (Å²) in [6.07, 6.45) is -5.57. The minimum absolute atomic E-state index is 0.132. The third-order valence-electron chi connectivity index (χ3n) is 1.93. The second-order valence-corrected chi connectivity index (χ2v) is 3.46. The molecule has 2 atom stereocenters. The number of ether oxygens (including phenoxy) is 2. The van der Waals surface area contributed by atoms with Gasteiger partial charge in [-0.2, -0.15) is 0 Å². The maximum absolute atomic E-state index is 10.2. The number of nitrogens with one attached hydrogen (secondary N) is 1. The summed E-state index contributed by atoms with van der Waals surface area (Å²) in [5.74, 6) is -0.223. The number of aliphatic hydroxyl groups is 1. The van der Waals surface area contributed by atoms with E-state index < -0.39 is 51.9 Å². The van der Waals surface area contributed by atoms with E-state index in [-0.39, 0.29) is 11.3 Å². The molecule has 0 saturated carbocycles. The predicted octanol–water partition coefficient (Wildman–Crippen LogP) is 1.61. The maximum Gasteiger partial charge on any atom is 0.119 e. The highest BCUT2D eigenvalue weighted by Gasteiger charge is 2.05. The Bertz CT molecular complexity index is 721. The molecule has 0 heterocycles. The largest absolute Gasteiger partial charge is 0.491 e. The summed E-state index contributed by atoms with van der Waals surface area (Å²) in [5, 5.41) is 12.3. The second kappa shape index (κ2) is 8.91. The molecule has 0 radical (unpaired) electrons. The van der Waals surface area contributed by atoms with E-state index in [0.29, 0.717) is 0 Å². The van der Waals surface area contributed by atoms with Gasteiger partial charge in [-0.1, -0.05) is 25.9 Å². The highest BCUT2D eigenvalue weighted by molar-refractivity contribution is 5.27. The molecule has 0 fully saturated rings. The molecule has 1 aromatic carbocycles. The number of hydrogen-bond donors (Lipinski definition) is 2. The van der Waals surface area contributed by atoms with Crippen molar-refractivity contribution in [2.45, 2.75) is 32.2 Å². The Balaban J connectivity index is 2.98. The smallest absolute Gasteiger partial charge is 0.119 e. The average molecular weight is 279 g/mol. The molecule has 0 aliphatic rings. The van der Waals surface area contributed by atoms with Gasteiger partial charge in [0.05, 0.1) is 13.4 Å². The van der Waals surface area contributed by atoms with Crippen LogP contribution in [0.3, 0.4) is 0 Å². The summed E-state index contributed by atoms with van der Waals surface area (Å²) >= 11 is 0. The normalized spacial score (nSPS) is 28.2. The Labute approximate surface area is 132 Å². The zero-order valence-electron chi connectivity index (χ0n) is 22.4. The zero-order chi connectivity index (χ0) is 24.5. The molecule has 19 heavy (non-hydrogen) atoms. The minimum Gasteiger partial charge on any atom is -0.491 e. The van der Waals surface area contributed by atoms with Crippen LogP contribution in [0.15, 0.2) is 24.3 Å². The first-order valence-electron chi connectivity index (χ1n) is 11.6. The molecular formula is C15H25NO3. The fourth-order valence-electron chi connectivity index (χ4n) is 1.08. The van der Waals surface area contributed by atoms with E-state index in [4.69, 9.17) is 21.2 Å². The van der Waals surface area contributed by atoms with Crippen molar-refractivity contribution in [2.24, 2.45) is 0 Å². The Morgan fingerprint density at radius 3 is 2.89 bits per heavy atom. The Morgan fingerprint density at radius 1 is 1.47 bits per heavy atom. The van der Waals surface area contributed by atoms with Crippen LogP contribution in [0.2, 0.25) is 0 Å². The van der Waals surface area contributed by atoms with E-state index in [2.05, 4.69) is 10.1 Å². The fourth-order valence-corrected chi connectivity index (χ4v) is 1.08. The fraction of sp³-hybridized carbons (Fsp3) is 0.600. The third kappa shape index (κ3) is 7.15. The summed E-state index contributed by atoms with van der Waals surface area (Å²) in [7, 11) is 1.01. The SMILES string of the molecule is [2H]C([2H])C(NCC([2H])(O)C([2H])([2H])Oc1ccc(C([2H])([2H])C([2H])([2H])OC)cc1)C([2H])([2H])[2H]. The number of aryl methyl sites for hydroxylation is 1. The molecule has 0 aliphatic carbocycles. The molecule has 0 aromatic heterocycles. The molecule has 2 unspecified atom stereocenters. The molecule has 0 saturated heterocycles. The first kappa shape index (κ1) is 5.72. The summed E-state index contributed by atoms with van der Waals surface area (Å²) in [4.78, 5) is 0. The number of benzene rings is 1. The van der Waals surface area contributed by atoms with Gasteiger partial charge in [-0.3, -0.25) is 0 Å². The molecule has 0 aliphatic heterocycles. The number of rotatable bonds is 9. The molecule has 0 spiro atoms. The predicted molar refractivity (Wildman–Crippen MR) is 76.7 cm³/mol. The zero-order valence-corrected chi connectivity index (χ0v) is 10.4. The lowest BCUT2D eigenvalue weighted by atomic mass is 10.1. The van der Waals surface area contributed by atoms with Crippen molar-refractivity contribution in [3.8, 4) is 5.75 Å². The van der Waals surface area contributed by atoms with Crippen LogP contribution in [0.25, 0.3) is 0 Å². The van der Waals surface area contributed by atoms with Crippen LogP contribution in [0.4, 0.5) is 0 Å². The quantitative estimate of drug-likeness (QED) is 0.721. The van der Waals surface area contributed by atoms with Gasteiger partial charge < -0.3 is 19.9 Å². The van der Waals surface area contributed by atoms with Crippen molar-refractivity contribution >= 4 is 0 Å². The van der Waals surface area contributed by atoms with Crippen LogP contribution < -0.4 is 10.1 Å². The van der Waals surface area contributed by atoms with E-state index in [1.165, 1.54) is 0 Å². The van der Waals surface area contributed by atoms with Gasteiger partial charge in [-0.25, -0.2) is 0 Å². The lowest BCUT2D eigenvalue weighted by molar-refractivity contribution is 0.104. The van der Waals surface area contributed by atoms with Crippen molar-refractivity contribution in [1.29, 1.82) is 0 Å². The van der Waals surface area contributed by atoms with E-state index >= 15 is 0 Å². The Morgan fingerprint density at radius 2 is 2.26 bits per heavy atom. The van der Waals surface area contributed by atoms with Gasteiger partial charge in [-0.15, -0.1) is 0 Å². The van der Waals surface area contributed by atoms with E-state index in [1.54, 1.807) is 0 Å². The van der Waals surface area contributed by atoms with Crippen molar-refractivity contribution in [1.82, 2.24) is 5.32 Å². The summed E-state index contributed by atoms with van der Waals surface area (Å²) in [5.41, 5.74) is -0.132. The number of hydrogen-bond acceptors (Lipinski definition) is 4. The molecule has 108 valence electrons. The van der Waals surface area contributed by atoms with Crippen molar-refractivity contribution < 1.29 is 31.0 Å². The first-order chi connectivity index (χ1) is 13.8. The minimum atomic E-state index is -3.08. The standard InChI is InChI=1S/C15H25NO3/c1-12(2)16-10-14(17)11-19-15-6-4-13(5-7-15)8-9-18-3/h4-7,12,14,16-17H,8-11H2,1-3H3/i1D2,2D3,8D2,9D2,11D2,14D. The average Bonchev–Trinajstić information content (AvgIpc) is 2.60. The molecule has 0 bridgehead atoms. The first-order valence-corrected chi connectivity index (χ1v) is 5.43. The van der Waals surface area contributed by atoms with Gasteiger partial charge >= 0.3 is 0 Å². The maximum atomic E-state index is 10.2. The van der Waals surface area contributed by atoms with Crippen molar-refractivity contribution in [3.05, 3.63) is 29.8 Å². The highest BCUT2D eigenvalue weighted by atomic mass is 16.5. The van der Waals surface area contributed by atoms with Crippen LogP contribution in [0.5, 0.6) is 5.75 Å². The lowest BCUT2D eigenvalue weighted by Gasteiger charge is -2.15. The molecule has 4 heteroatoms. The van der Waals surface area contributed by atoms with E-state index in [1.807, 2.05) is 0 Å². The van der Waals surface area contributed by atoms with Crippen LogP contribution in [-0.4, -0.2) is 44.0 Å². The lowest BCUT2D eigenvalue weighted by Crippen LogP contribution is -2.35. The Kier molecular flexibility index (Phi) is 2.68. The van der Waals surface area contributed by atoms with Crippen molar-refractivity contribution in [2.75, 3.05) is 26.8 Å². The van der Waals surface area contributed by atoms with Crippen LogP contribution in [0.1, 0.15) is 35.7 Å². The van der Waals surface area contributed by atoms with Gasteiger partial charge in [0.2, 0.25) is 0 Å². The molecule has 1 aromatic rings. The summed E-state index contributed by atoms with van der Waals surface area (Å²) < 4.78 is 100. The topological polar surface area (TPSA) is 50.7 Å². The van der Waals surface area contributed by atoms with Crippen LogP contribution >= 0.6 is 0 Å². The van der Waals surface area contributed by atoms with Gasteiger partial charge in [0, 0.05) is 29.3 Å². The molecule has 2 N–H and O–H groups in total. The molecule has 0 amide bonds. The van der Waals surface area contributed by atoms with Crippen molar-refractivity contribution in [3.63, 3.8) is 0 Å². The van der Waals surface area contributed by atoms with Gasteiger partial charge in [-0.05, 0) is 24.1 Å². The molecule has 4 nitrogen and oxygen atoms in total. The van der Waals surface area contributed by atoms with Crippen LogP contribution in [0, 0.1) is 0 Å². The Hall–Kier alpha value is -1.10. The summed E-state index contributed by atoms with van der Waals surface area (Å²) in [6.45, 7) is -11.4. The van der Waals surface area contributed by atoms with Crippen LogP contribution in [-0.2, 0) is 11.1 Å². The van der Waals surface area contributed by atoms with Gasteiger partial charge in [0.1, 0.15) is 18.4 Å². The third-order valence-corrected chi connectivity index (χ3v) is 1.93. The molecular weight excluding hydrogens is 242 g/mol. The number of methoxy groups -OCH3 is 1. The second-order valence-electron chi connectivity index (χ2n) is 3.46. The van der Waals surface area contributed by atoms with E-state index in [0.717, 1.165) is 31.4 Å². The van der Waals surface area contributed by atoms with Gasteiger partial charge in [0.25, 0.3) is 0 Å². The van der Waals surface area contributed by atoms with E-state index in [9.17, 15) is 5.11 Å². The summed E-state index contributed by atoms with van der Waals surface area (Å²) in [6, 6.07) is 2.72. The van der Waals surface area contributed by atoms with Gasteiger partial charge in [0.15, 0.2) is 0 Å². The molecule has 1 rings (SSSR count). The highest BCUT2D eigenvalue weighted by Crippen LogP contribution is 2.12.